The van der Waals surface area contributed by atoms with Crippen LogP contribution in [0.15, 0.2) is 84.2 Å². The maximum Gasteiger partial charge on any atom is 0.292 e. The van der Waals surface area contributed by atoms with Crippen LogP contribution in [0, 0.1) is 5.92 Å². The molecule has 6 rings (SSSR count). The van der Waals surface area contributed by atoms with E-state index in [0.29, 0.717) is 67.3 Å². The molecule has 1 N–H and O–H groups in total. The summed E-state index contributed by atoms with van der Waals surface area (Å²) in [7, 11) is 0. The molecule has 3 aromatic heterocycles. The highest BCUT2D eigenvalue weighted by Gasteiger charge is 2.38. The number of benzene rings is 1. The summed E-state index contributed by atoms with van der Waals surface area (Å²) < 4.78 is 1.31. The van der Waals surface area contributed by atoms with Crippen LogP contribution in [-0.2, 0) is 0 Å². The lowest BCUT2D eigenvalue weighted by molar-refractivity contribution is 0.0951. The third-order valence-electron chi connectivity index (χ3n) is 7.41. The van der Waals surface area contributed by atoms with E-state index in [9.17, 15) is 9.59 Å². The lowest BCUT2D eigenvalue weighted by Gasteiger charge is -2.37. The van der Waals surface area contributed by atoms with E-state index >= 15 is 0 Å². The van der Waals surface area contributed by atoms with E-state index in [1.54, 1.807) is 24.7 Å². The van der Waals surface area contributed by atoms with Gasteiger partial charge in [-0.05, 0) is 54.2 Å². The normalized spacial score (nSPS) is 18.6. The van der Waals surface area contributed by atoms with E-state index in [4.69, 9.17) is 11.6 Å². The second-order valence-corrected chi connectivity index (χ2v) is 10.2. The minimum Gasteiger partial charge on any atom is -0.365 e. The van der Waals surface area contributed by atoms with Crippen LogP contribution in [0.4, 0.5) is 11.5 Å². The molecule has 39 heavy (non-hydrogen) atoms. The van der Waals surface area contributed by atoms with Gasteiger partial charge in [0, 0.05) is 51.3 Å². The summed E-state index contributed by atoms with van der Waals surface area (Å²) in [6, 6.07) is 16.9. The number of amides is 1. The highest BCUT2D eigenvalue weighted by atomic mass is 35.5. The molecule has 0 radical (unpaired) electrons. The average Bonchev–Trinajstić information content (AvgIpc) is 3.78. The molecule has 9 nitrogen and oxygen atoms in total. The zero-order valence-electron chi connectivity index (χ0n) is 21.3. The zero-order chi connectivity index (χ0) is 26.8. The van der Waals surface area contributed by atoms with Gasteiger partial charge in [0.05, 0.1) is 23.1 Å². The number of nitrogens with one attached hydrogen (secondary N) is 1. The van der Waals surface area contributed by atoms with E-state index in [-0.39, 0.29) is 16.5 Å². The lowest BCUT2D eigenvalue weighted by Crippen LogP contribution is -2.48. The Morgan fingerprint density at radius 3 is 2.49 bits per heavy atom. The van der Waals surface area contributed by atoms with Gasteiger partial charge in [0.25, 0.3) is 11.5 Å². The Labute approximate surface area is 231 Å². The van der Waals surface area contributed by atoms with Crippen molar-refractivity contribution in [1.29, 1.82) is 0 Å². The van der Waals surface area contributed by atoms with Crippen molar-refractivity contribution in [3.63, 3.8) is 0 Å². The Kier molecular flexibility index (Phi) is 6.98. The van der Waals surface area contributed by atoms with Crippen molar-refractivity contribution in [1.82, 2.24) is 25.1 Å². The number of carbonyl (C=O) groups excluding carboxylic acids is 1. The second-order valence-electron chi connectivity index (χ2n) is 9.84. The van der Waals surface area contributed by atoms with Crippen molar-refractivity contribution in [2.45, 2.75) is 12.3 Å². The standard InChI is InChI=1S/C29H28ClN7O2/c30-26-25(19-34-37(29(26)39)22-7-2-1-3-8-22)35-12-14-36(15-13-35)27-23(9-5-11-32-27)28(38)33-18-21-16-24(21)20-6-4-10-31-17-20/h1-11,17,19,21,24H,12-16,18H2,(H,33,38)/t21-,24-/m0/s1. The van der Waals surface area contributed by atoms with E-state index in [1.165, 1.54) is 10.2 Å². The first-order valence-electron chi connectivity index (χ1n) is 13.1. The predicted molar refractivity (Wildman–Crippen MR) is 151 cm³/mol. The number of carbonyl (C=O) groups is 1. The van der Waals surface area contributed by atoms with Crippen LogP contribution in [0.2, 0.25) is 5.02 Å². The van der Waals surface area contributed by atoms with E-state index in [0.717, 1.165) is 6.42 Å². The van der Waals surface area contributed by atoms with Crippen molar-refractivity contribution < 1.29 is 4.79 Å². The highest BCUT2D eigenvalue weighted by molar-refractivity contribution is 6.33. The number of anilines is 2. The number of piperazine rings is 1. The molecule has 10 heteroatoms. The largest absolute Gasteiger partial charge is 0.365 e. The minimum absolute atomic E-state index is 0.117. The van der Waals surface area contributed by atoms with Gasteiger partial charge in [-0.2, -0.15) is 9.78 Å². The number of hydrogen-bond acceptors (Lipinski definition) is 7. The summed E-state index contributed by atoms with van der Waals surface area (Å²) in [5, 5.41) is 7.61. The molecular weight excluding hydrogens is 514 g/mol. The number of aromatic nitrogens is 4. The maximum atomic E-state index is 13.1. The second kappa shape index (κ2) is 10.9. The quantitative estimate of drug-likeness (QED) is 0.382. The molecule has 0 bridgehead atoms. The molecule has 1 saturated heterocycles. The first kappa shape index (κ1) is 25.1. The van der Waals surface area contributed by atoms with E-state index < -0.39 is 0 Å². The van der Waals surface area contributed by atoms with Gasteiger partial charge >= 0.3 is 0 Å². The fourth-order valence-corrected chi connectivity index (χ4v) is 5.43. The van der Waals surface area contributed by atoms with Gasteiger partial charge in [-0.1, -0.05) is 35.9 Å². The van der Waals surface area contributed by atoms with Gasteiger partial charge in [-0.25, -0.2) is 4.98 Å². The fourth-order valence-electron chi connectivity index (χ4n) is 5.18. The van der Waals surface area contributed by atoms with Crippen LogP contribution in [0.1, 0.15) is 28.3 Å². The molecule has 2 aliphatic rings. The SMILES string of the molecule is O=C(NC[C@@H]1C[C@H]1c1cccnc1)c1cccnc1N1CCN(c2cnn(-c3ccccc3)c(=O)c2Cl)CC1. The van der Waals surface area contributed by atoms with Gasteiger partial charge in [-0.3, -0.25) is 14.6 Å². The van der Waals surface area contributed by atoms with Gasteiger partial charge < -0.3 is 15.1 Å². The molecule has 1 aliphatic carbocycles. The van der Waals surface area contributed by atoms with Crippen molar-refractivity contribution in [3.8, 4) is 5.69 Å². The number of hydrogen-bond donors (Lipinski definition) is 1. The Bertz CT molecular complexity index is 1520. The molecular formula is C29H28ClN7O2. The Hall–Kier alpha value is -4.24. The highest BCUT2D eigenvalue weighted by Crippen LogP contribution is 2.46. The van der Waals surface area contributed by atoms with Crippen LogP contribution in [-0.4, -0.2) is 58.4 Å². The molecule has 4 heterocycles. The molecule has 2 fully saturated rings. The van der Waals surface area contributed by atoms with Crippen LogP contribution < -0.4 is 20.7 Å². The summed E-state index contributed by atoms with van der Waals surface area (Å²) in [4.78, 5) is 39.0. The smallest absolute Gasteiger partial charge is 0.292 e. The number of para-hydroxylation sites is 1. The van der Waals surface area contributed by atoms with E-state index in [1.807, 2.05) is 48.7 Å². The number of rotatable bonds is 7. The predicted octanol–water partition coefficient (Wildman–Crippen LogP) is 3.54. The van der Waals surface area contributed by atoms with Crippen molar-refractivity contribution >= 4 is 29.0 Å². The third-order valence-corrected chi connectivity index (χ3v) is 7.77. The van der Waals surface area contributed by atoms with Crippen molar-refractivity contribution in [2.24, 2.45) is 5.92 Å². The Balaban J connectivity index is 1.10. The molecule has 1 saturated carbocycles. The topological polar surface area (TPSA) is 96.2 Å². The van der Waals surface area contributed by atoms with Gasteiger partial charge in [-0.15, -0.1) is 0 Å². The van der Waals surface area contributed by atoms with Gasteiger partial charge in [0.2, 0.25) is 0 Å². The Morgan fingerprint density at radius 1 is 0.949 bits per heavy atom. The zero-order valence-corrected chi connectivity index (χ0v) is 22.0. The molecule has 1 aliphatic heterocycles. The van der Waals surface area contributed by atoms with Crippen molar-refractivity contribution in [2.75, 3.05) is 42.5 Å². The van der Waals surface area contributed by atoms with Gasteiger partial charge in [0.1, 0.15) is 10.8 Å². The first-order chi connectivity index (χ1) is 19.1. The van der Waals surface area contributed by atoms with E-state index in [2.05, 4.69) is 36.2 Å². The van der Waals surface area contributed by atoms with Crippen LogP contribution in [0.3, 0.4) is 0 Å². The minimum atomic E-state index is -0.354. The van der Waals surface area contributed by atoms with Crippen LogP contribution >= 0.6 is 11.6 Å². The Morgan fingerprint density at radius 2 is 1.72 bits per heavy atom. The summed E-state index contributed by atoms with van der Waals surface area (Å²) in [5.41, 5.74) is 2.71. The fraction of sp³-hybridized carbons (Fsp3) is 0.276. The van der Waals surface area contributed by atoms with Crippen LogP contribution in [0.5, 0.6) is 0 Å². The number of halogens is 1. The first-order valence-corrected chi connectivity index (χ1v) is 13.4. The number of pyridine rings is 2. The summed E-state index contributed by atoms with van der Waals surface area (Å²) in [5.74, 6) is 1.43. The van der Waals surface area contributed by atoms with Crippen molar-refractivity contribution in [3.05, 3.63) is 106 Å². The average molecular weight is 542 g/mol. The molecule has 4 aromatic rings. The molecule has 2 atom stereocenters. The summed E-state index contributed by atoms with van der Waals surface area (Å²) in [6.07, 6.45) is 8.09. The summed E-state index contributed by atoms with van der Waals surface area (Å²) >= 11 is 6.52. The lowest BCUT2D eigenvalue weighted by atomic mass is 10.1. The molecule has 0 unspecified atom stereocenters. The monoisotopic (exact) mass is 541 g/mol. The van der Waals surface area contributed by atoms with Gasteiger partial charge in [0.15, 0.2) is 0 Å². The third kappa shape index (κ3) is 5.22. The molecule has 1 amide bonds. The molecule has 0 spiro atoms. The number of nitrogens with zero attached hydrogens (tertiary/aromatic N) is 6. The maximum absolute atomic E-state index is 13.1. The molecule has 198 valence electrons. The summed E-state index contributed by atoms with van der Waals surface area (Å²) in [6.45, 7) is 3.11. The van der Waals surface area contributed by atoms with Crippen LogP contribution in [0.25, 0.3) is 5.69 Å². The molecule has 1 aromatic carbocycles.